The molecule has 0 amide bonds. The van der Waals surface area contributed by atoms with Crippen LogP contribution < -0.4 is 5.32 Å². The molecule has 0 bridgehead atoms. The van der Waals surface area contributed by atoms with Gasteiger partial charge in [-0.3, -0.25) is 0 Å². The first-order valence-electron chi connectivity index (χ1n) is 8.18. The molecule has 2 heteroatoms. The van der Waals surface area contributed by atoms with Crippen LogP contribution in [0.4, 0.5) is 0 Å². The van der Waals surface area contributed by atoms with E-state index in [9.17, 15) is 0 Å². The van der Waals surface area contributed by atoms with Crippen molar-refractivity contribution in [3.05, 3.63) is 0 Å². The van der Waals surface area contributed by atoms with Crippen molar-refractivity contribution in [3.8, 4) is 0 Å². The van der Waals surface area contributed by atoms with E-state index in [-0.39, 0.29) is 0 Å². The molecule has 1 N–H and O–H groups in total. The molecule has 2 atom stereocenters. The van der Waals surface area contributed by atoms with E-state index in [0.717, 1.165) is 29.8 Å². The average molecular weight is 250 g/mol. The monoisotopic (exact) mass is 250 g/mol. The molecule has 2 aliphatic carbocycles. The Kier molecular flexibility index (Phi) is 3.95. The lowest BCUT2D eigenvalue weighted by Gasteiger charge is -2.47. The molecule has 1 heterocycles. The van der Waals surface area contributed by atoms with Gasteiger partial charge >= 0.3 is 0 Å². The SMILES string of the molecule is CC1CN(C)CCC1NC(C1CCC1)C1CCC1. The maximum atomic E-state index is 4.10. The molecule has 18 heavy (non-hydrogen) atoms. The van der Waals surface area contributed by atoms with Gasteiger partial charge < -0.3 is 10.2 Å². The average Bonchev–Trinajstić information content (AvgIpc) is 2.16. The molecule has 3 rings (SSSR count). The molecule has 0 aromatic heterocycles. The number of likely N-dealkylation sites (tertiary alicyclic amines) is 1. The van der Waals surface area contributed by atoms with Gasteiger partial charge in [-0.05, 0) is 63.5 Å². The fourth-order valence-corrected chi connectivity index (χ4v) is 4.10. The minimum atomic E-state index is 0.785. The Bertz CT molecular complexity index is 256. The molecule has 0 spiro atoms. The van der Waals surface area contributed by atoms with E-state index < -0.39 is 0 Å². The Morgan fingerprint density at radius 2 is 1.61 bits per heavy atom. The molecule has 2 unspecified atom stereocenters. The first kappa shape index (κ1) is 12.9. The fraction of sp³-hybridized carbons (Fsp3) is 1.00. The Morgan fingerprint density at radius 3 is 2.06 bits per heavy atom. The zero-order valence-corrected chi connectivity index (χ0v) is 12.2. The van der Waals surface area contributed by atoms with Crippen molar-refractivity contribution in [1.29, 1.82) is 0 Å². The molecule has 0 radical (unpaired) electrons. The van der Waals surface area contributed by atoms with Gasteiger partial charge in [0.25, 0.3) is 0 Å². The molecular formula is C16H30N2. The van der Waals surface area contributed by atoms with Crippen LogP contribution in [0.1, 0.15) is 51.9 Å². The summed E-state index contributed by atoms with van der Waals surface area (Å²) in [6.07, 6.45) is 10.3. The Morgan fingerprint density at radius 1 is 1.00 bits per heavy atom. The first-order chi connectivity index (χ1) is 8.74. The molecule has 104 valence electrons. The summed E-state index contributed by atoms with van der Waals surface area (Å²) in [4.78, 5) is 2.49. The zero-order valence-electron chi connectivity index (χ0n) is 12.2. The number of hydrogen-bond acceptors (Lipinski definition) is 2. The summed E-state index contributed by atoms with van der Waals surface area (Å²) in [5.74, 6) is 2.86. The molecule has 0 aromatic rings. The van der Waals surface area contributed by atoms with Gasteiger partial charge in [-0.1, -0.05) is 19.8 Å². The highest BCUT2D eigenvalue weighted by Crippen LogP contribution is 2.40. The van der Waals surface area contributed by atoms with Gasteiger partial charge in [0.05, 0.1) is 0 Å². The van der Waals surface area contributed by atoms with Crippen molar-refractivity contribution in [2.45, 2.75) is 64.0 Å². The highest BCUT2D eigenvalue weighted by Gasteiger charge is 2.38. The van der Waals surface area contributed by atoms with E-state index in [4.69, 9.17) is 0 Å². The highest BCUT2D eigenvalue weighted by molar-refractivity contribution is 4.94. The largest absolute Gasteiger partial charge is 0.310 e. The van der Waals surface area contributed by atoms with Gasteiger partial charge in [0.2, 0.25) is 0 Å². The summed E-state index contributed by atoms with van der Waals surface area (Å²) < 4.78 is 0. The first-order valence-corrected chi connectivity index (χ1v) is 8.18. The molecule has 1 saturated heterocycles. The molecule has 2 nitrogen and oxygen atoms in total. The van der Waals surface area contributed by atoms with Gasteiger partial charge in [-0.2, -0.15) is 0 Å². The van der Waals surface area contributed by atoms with Crippen LogP contribution in [0.3, 0.4) is 0 Å². The predicted octanol–water partition coefficient (Wildman–Crippen LogP) is 2.89. The molecule has 1 aliphatic heterocycles. The molecule has 2 saturated carbocycles. The number of hydrogen-bond donors (Lipinski definition) is 1. The van der Waals surface area contributed by atoms with Crippen LogP contribution in [-0.4, -0.2) is 37.1 Å². The third-order valence-electron chi connectivity index (χ3n) is 5.83. The van der Waals surface area contributed by atoms with Crippen LogP contribution in [0.5, 0.6) is 0 Å². The van der Waals surface area contributed by atoms with E-state index >= 15 is 0 Å². The Labute approximate surface area is 113 Å². The quantitative estimate of drug-likeness (QED) is 0.825. The molecule has 3 aliphatic rings. The van der Waals surface area contributed by atoms with Crippen LogP contribution in [0.25, 0.3) is 0 Å². The van der Waals surface area contributed by atoms with Crippen molar-refractivity contribution in [3.63, 3.8) is 0 Å². The van der Waals surface area contributed by atoms with E-state index in [1.165, 1.54) is 58.0 Å². The van der Waals surface area contributed by atoms with E-state index in [0.29, 0.717) is 0 Å². The topological polar surface area (TPSA) is 15.3 Å². The maximum absolute atomic E-state index is 4.10. The van der Waals surface area contributed by atoms with Crippen molar-refractivity contribution in [1.82, 2.24) is 10.2 Å². The van der Waals surface area contributed by atoms with Crippen molar-refractivity contribution >= 4 is 0 Å². The summed E-state index contributed by atoms with van der Waals surface area (Å²) in [5, 5.41) is 4.10. The van der Waals surface area contributed by atoms with Gasteiger partial charge in [0.15, 0.2) is 0 Å². The highest BCUT2D eigenvalue weighted by atomic mass is 15.1. The van der Waals surface area contributed by atoms with Crippen molar-refractivity contribution in [2.75, 3.05) is 20.1 Å². The van der Waals surface area contributed by atoms with Gasteiger partial charge in [-0.25, -0.2) is 0 Å². The Hall–Kier alpha value is -0.0800. The minimum absolute atomic E-state index is 0.785. The van der Waals surface area contributed by atoms with Crippen molar-refractivity contribution < 1.29 is 0 Å². The van der Waals surface area contributed by atoms with E-state index in [2.05, 4.69) is 24.2 Å². The third-order valence-corrected chi connectivity index (χ3v) is 5.83. The summed E-state index contributed by atoms with van der Waals surface area (Å²) in [7, 11) is 2.27. The van der Waals surface area contributed by atoms with Crippen LogP contribution >= 0.6 is 0 Å². The summed E-state index contributed by atoms with van der Waals surface area (Å²) >= 11 is 0. The van der Waals surface area contributed by atoms with Crippen LogP contribution in [0, 0.1) is 17.8 Å². The zero-order chi connectivity index (χ0) is 12.5. The third kappa shape index (κ3) is 2.60. The van der Waals surface area contributed by atoms with Gasteiger partial charge in [0.1, 0.15) is 0 Å². The molecule has 3 fully saturated rings. The van der Waals surface area contributed by atoms with Crippen LogP contribution in [0.15, 0.2) is 0 Å². The number of nitrogens with zero attached hydrogens (tertiary/aromatic N) is 1. The number of piperidine rings is 1. The minimum Gasteiger partial charge on any atom is -0.310 e. The standard InChI is InChI=1S/C16H30N2/c1-12-11-18(2)10-9-15(12)17-16(13-5-3-6-13)14-7-4-8-14/h12-17H,3-11H2,1-2H3. The van der Waals surface area contributed by atoms with Crippen LogP contribution in [0.2, 0.25) is 0 Å². The lowest BCUT2D eigenvalue weighted by molar-refractivity contribution is 0.0841. The summed E-state index contributed by atoms with van der Waals surface area (Å²) in [5.41, 5.74) is 0. The summed E-state index contributed by atoms with van der Waals surface area (Å²) in [6.45, 7) is 5.00. The molecule has 0 aromatic carbocycles. The van der Waals surface area contributed by atoms with Gasteiger partial charge in [0, 0.05) is 18.6 Å². The fourth-order valence-electron chi connectivity index (χ4n) is 4.10. The second kappa shape index (κ2) is 5.50. The normalized spacial score (nSPS) is 35.5. The second-order valence-electron chi connectivity index (χ2n) is 7.21. The Balaban J connectivity index is 1.57. The van der Waals surface area contributed by atoms with E-state index in [1.54, 1.807) is 0 Å². The maximum Gasteiger partial charge on any atom is 0.0126 e. The lowest BCUT2D eigenvalue weighted by atomic mass is 9.68. The number of rotatable bonds is 4. The van der Waals surface area contributed by atoms with Crippen molar-refractivity contribution in [2.24, 2.45) is 17.8 Å². The predicted molar refractivity (Wildman–Crippen MR) is 76.7 cm³/mol. The lowest BCUT2D eigenvalue weighted by Crippen LogP contribution is -2.56. The molecular weight excluding hydrogens is 220 g/mol. The smallest absolute Gasteiger partial charge is 0.0126 e. The summed E-state index contributed by atoms with van der Waals surface area (Å²) in [6, 6.07) is 1.65. The van der Waals surface area contributed by atoms with Crippen LogP contribution in [-0.2, 0) is 0 Å². The van der Waals surface area contributed by atoms with E-state index in [1.807, 2.05) is 0 Å². The second-order valence-corrected chi connectivity index (χ2v) is 7.21. The number of nitrogens with one attached hydrogen (secondary N) is 1. The van der Waals surface area contributed by atoms with Gasteiger partial charge in [-0.15, -0.1) is 0 Å².